The summed E-state index contributed by atoms with van der Waals surface area (Å²) in [5.41, 5.74) is 0. The molecule has 1 fully saturated rings. The first kappa shape index (κ1) is 15.8. The highest BCUT2D eigenvalue weighted by Gasteiger charge is 2.07. The van der Waals surface area contributed by atoms with Gasteiger partial charge in [-0.2, -0.15) is 0 Å². The highest BCUT2D eigenvalue weighted by atomic mass is 16.4. The van der Waals surface area contributed by atoms with Crippen molar-refractivity contribution in [3.63, 3.8) is 0 Å². The third-order valence-electron chi connectivity index (χ3n) is 2.28. The van der Waals surface area contributed by atoms with Crippen LogP contribution in [0.5, 0.6) is 0 Å². The molecule has 0 radical (unpaired) electrons. The Labute approximate surface area is 100 Å². The van der Waals surface area contributed by atoms with Gasteiger partial charge in [0.05, 0.1) is 0 Å². The largest absolute Gasteiger partial charge is 0.473 e. The van der Waals surface area contributed by atoms with Crippen molar-refractivity contribution in [1.82, 2.24) is 10.2 Å². The average Bonchev–Trinajstić information content (AvgIpc) is 2.31. The SMILES string of the molecule is O=C(O)C(=O)O.OCCCCN1CCNCC1. The summed E-state index contributed by atoms with van der Waals surface area (Å²) in [4.78, 5) is 20.6. The van der Waals surface area contributed by atoms with Gasteiger partial charge in [-0.15, -0.1) is 0 Å². The molecule has 0 aliphatic carbocycles. The molecular weight excluding hydrogens is 228 g/mol. The number of piperazine rings is 1. The van der Waals surface area contributed by atoms with Crippen molar-refractivity contribution in [1.29, 1.82) is 0 Å². The van der Waals surface area contributed by atoms with Crippen LogP contribution in [0.15, 0.2) is 0 Å². The number of nitrogens with one attached hydrogen (secondary N) is 1. The molecule has 0 amide bonds. The fraction of sp³-hybridized carbons (Fsp3) is 0.800. The number of hydrogen-bond acceptors (Lipinski definition) is 5. The van der Waals surface area contributed by atoms with Gasteiger partial charge in [0.1, 0.15) is 0 Å². The Kier molecular flexibility index (Phi) is 9.31. The number of carboxylic acids is 2. The minimum atomic E-state index is -1.82. The van der Waals surface area contributed by atoms with Crippen molar-refractivity contribution in [2.75, 3.05) is 39.3 Å². The Balaban J connectivity index is 0.000000366. The molecule has 1 rings (SSSR count). The van der Waals surface area contributed by atoms with Crippen molar-refractivity contribution in [3.8, 4) is 0 Å². The number of carbonyl (C=O) groups is 2. The first-order valence-corrected chi connectivity index (χ1v) is 5.58. The van der Waals surface area contributed by atoms with E-state index in [0.29, 0.717) is 6.61 Å². The second-order valence-electron chi connectivity index (χ2n) is 3.63. The molecule has 0 aromatic carbocycles. The molecule has 0 atom stereocenters. The van der Waals surface area contributed by atoms with E-state index in [1.165, 1.54) is 13.1 Å². The summed E-state index contributed by atoms with van der Waals surface area (Å²) in [5.74, 6) is -3.65. The second kappa shape index (κ2) is 10.0. The maximum atomic E-state index is 9.10. The zero-order chi connectivity index (χ0) is 13.1. The Bertz CT molecular complexity index is 217. The first-order chi connectivity index (χ1) is 8.07. The smallest absolute Gasteiger partial charge is 0.414 e. The molecule has 0 aromatic heterocycles. The standard InChI is InChI=1S/C8H18N2O.C2H2O4/c11-8-2-1-5-10-6-3-9-4-7-10;3-1(4)2(5)6/h9,11H,1-8H2;(H,3,4)(H,5,6). The van der Waals surface area contributed by atoms with E-state index in [9.17, 15) is 0 Å². The monoisotopic (exact) mass is 248 g/mol. The van der Waals surface area contributed by atoms with Crippen molar-refractivity contribution in [3.05, 3.63) is 0 Å². The maximum absolute atomic E-state index is 9.10. The Morgan fingerprint density at radius 3 is 2.00 bits per heavy atom. The van der Waals surface area contributed by atoms with Gasteiger partial charge in [0.25, 0.3) is 0 Å². The first-order valence-electron chi connectivity index (χ1n) is 5.58. The molecule has 0 spiro atoms. The topological polar surface area (TPSA) is 110 Å². The van der Waals surface area contributed by atoms with E-state index < -0.39 is 11.9 Å². The van der Waals surface area contributed by atoms with E-state index in [2.05, 4.69) is 10.2 Å². The molecule has 0 saturated carbocycles. The van der Waals surface area contributed by atoms with Crippen molar-refractivity contribution >= 4 is 11.9 Å². The van der Waals surface area contributed by atoms with E-state index >= 15 is 0 Å². The number of hydrogen-bond donors (Lipinski definition) is 4. The van der Waals surface area contributed by atoms with E-state index in [0.717, 1.165) is 32.5 Å². The Morgan fingerprint density at radius 2 is 1.59 bits per heavy atom. The molecule has 1 aliphatic heterocycles. The van der Waals surface area contributed by atoms with Crippen LogP contribution in [0.2, 0.25) is 0 Å². The lowest BCUT2D eigenvalue weighted by atomic mass is 10.3. The van der Waals surface area contributed by atoms with Gasteiger partial charge in [0.15, 0.2) is 0 Å². The summed E-state index contributed by atoms with van der Waals surface area (Å²) in [6.45, 7) is 6.09. The van der Waals surface area contributed by atoms with E-state index in [-0.39, 0.29) is 0 Å². The van der Waals surface area contributed by atoms with Crippen molar-refractivity contribution < 1.29 is 24.9 Å². The van der Waals surface area contributed by atoms with Gasteiger partial charge < -0.3 is 25.5 Å². The summed E-state index contributed by atoms with van der Waals surface area (Å²) in [7, 11) is 0. The molecule has 0 aromatic rings. The molecule has 7 heteroatoms. The van der Waals surface area contributed by atoms with Gasteiger partial charge in [-0.05, 0) is 19.4 Å². The van der Waals surface area contributed by atoms with Crippen molar-refractivity contribution in [2.24, 2.45) is 0 Å². The number of aliphatic hydroxyl groups excluding tert-OH is 1. The van der Waals surface area contributed by atoms with Crippen LogP contribution < -0.4 is 5.32 Å². The Morgan fingerprint density at radius 1 is 1.06 bits per heavy atom. The molecule has 1 heterocycles. The molecule has 100 valence electrons. The number of rotatable bonds is 4. The third-order valence-corrected chi connectivity index (χ3v) is 2.28. The quantitative estimate of drug-likeness (QED) is 0.366. The molecule has 1 saturated heterocycles. The minimum absolute atomic E-state index is 0.339. The molecule has 0 bridgehead atoms. The summed E-state index contributed by atoms with van der Waals surface area (Å²) in [6.07, 6.45) is 2.08. The van der Waals surface area contributed by atoms with Crippen LogP contribution in [0.1, 0.15) is 12.8 Å². The number of aliphatic hydroxyl groups is 1. The number of nitrogens with zero attached hydrogens (tertiary/aromatic N) is 1. The predicted octanol–water partition coefficient (Wildman–Crippen LogP) is -1.18. The predicted molar refractivity (Wildman–Crippen MR) is 60.9 cm³/mol. The number of carboxylic acid groups (broad SMARTS) is 2. The summed E-state index contributed by atoms with van der Waals surface area (Å²) >= 11 is 0. The van der Waals surface area contributed by atoms with Crippen molar-refractivity contribution in [2.45, 2.75) is 12.8 Å². The molecule has 1 aliphatic rings. The van der Waals surface area contributed by atoms with E-state index in [1.54, 1.807) is 0 Å². The van der Waals surface area contributed by atoms with Gasteiger partial charge in [-0.3, -0.25) is 0 Å². The van der Waals surface area contributed by atoms with Crippen LogP contribution in [-0.4, -0.2) is 71.5 Å². The average molecular weight is 248 g/mol. The normalized spacial score (nSPS) is 15.8. The zero-order valence-electron chi connectivity index (χ0n) is 9.76. The lowest BCUT2D eigenvalue weighted by Gasteiger charge is -2.26. The van der Waals surface area contributed by atoms with Gasteiger partial charge in [0, 0.05) is 32.8 Å². The van der Waals surface area contributed by atoms with Crippen LogP contribution in [0.3, 0.4) is 0 Å². The van der Waals surface area contributed by atoms with Crippen LogP contribution in [-0.2, 0) is 9.59 Å². The van der Waals surface area contributed by atoms with Crippen LogP contribution >= 0.6 is 0 Å². The fourth-order valence-corrected chi connectivity index (χ4v) is 1.38. The highest BCUT2D eigenvalue weighted by Crippen LogP contribution is 1.96. The van der Waals surface area contributed by atoms with Gasteiger partial charge in [-0.25, -0.2) is 9.59 Å². The molecule has 0 unspecified atom stereocenters. The summed E-state index contributed by atoms with van der Waals surface area (Å²) < 4.78 is 0. The molecular formula is C10H20N2O5. The highest BCUT2D eigenvalue weighted by molar-refractivity contribution is 6.27. The number of aliphatic carboxylic acids is 2. The van der Waals surface area contributed by atoms with Gasteiger partial charge in [0.2, 0.25) is 0 Å². The summed E-state index contributed by atoms with van der Waals surface area (Å²) in [6, 6.07) is 0. The zero-order valence-corrected chi connectivity index (χ0v) is 9.76. The molecule has 17 heavy (non-hydrogen) atoms. The Hall–Kier alpha value is -1.18. The number of unbranched alkanes of at least 4 members (excludes halogenated alkanes) is 1. The van der Waals surface area contributed by atoms with Gasteiger partial charge in [-0.1, -0.05) is 0 Å². The molecule has 4 N–H and O–H groups in total. The summed E-state index contributed by atoms with van der Waals surface area (Å²) in [5, 5.41) is 26.7. The van der Waals surface area contributed by atoms with E-state index in [1.807, 2.05) is 0 Å². The lowest BCUT2D eigenvalue weighted by Crippen LogP contribution is -2.43. The lowest BCUT2D eigenvalue weighted by molar-refractivity contribution is -0.159. The molecule has 7 nitrogen and oxygen atoms in total. The van der Waals surface area contributed by atoms with Crippen LogP contribution in [0, 0.1) is 0 Å². The third kappa shape index (κ3) is 9.73. The fourth-order valence-electron chi connectivity index (χ4n) is 1.38. The van der Waals surface area contributed by atoms with Gasteiger partial charge >= 0.3 is 11.9 Å². The van der Waals surface area contributed by atoms with Crippen LogP contribution in [0.4, 0.5) is 0 Å². The maximum Gasteiger partial charge on any atom is 0.414 e. The van der Waals surface area contributed by atoms with E-state index in [4.69, 9.17) is 24.9 Å². The second-order valence-corrected chi connectivity index (χ2v) is 3.63. The minimum Gasteiger partial charge on any atom is -0.473 e. The van der Waals surface area contributed by atoms with Crippen LogP contribution in [0.25, 0.3) is 0 Å².